The molecule has 1 aliphatic rings. The molecule has 8 heteroatoms. The minimum absolute atomic E-state index is 0.0215. The zero-order valence-corrected chi connectivity index (χ0v) is 12.4. The molecular weight excluding hydrogens is 284 g/mol. The lowest BCUT2D eigenvalue weighted by molar-refractivity contribution is -0.138. The maximum Gasteiger partial charge on any atom is 0.314 e. The van der Waals surface area contributed by atoms with E-state index in [0.29, 0.717) is 25.9 Å². The molecule has 0 spiro atoms. The Balaban J connectivity index is 2.22. The van der Waals surface area contributed by atoms with E-state index in [9.17, 15) is 18.0 Å². The van der Waals surface area contributed by atoms with E-state index in [0.717, 1.165) is 0 Å². The number of sulfone groups is 1. The molecule has 1 fully saturated rings. The van der Waals surface area contributed by atoms with Crippen LogP contribution in [-0.4, -0.2) is 50.1 Å². The van der Waals surface area contributed by atoms with Crippen LogP contribution in [0.3, 0.4) is 0 Å². The van der Waals surface area contributed by atoms with Gasteiger partial charge in [0, 0.05) is 19.5 Å². The van der Waals surface area contributed by atoms with Crippen molar-refractivity contribution in [3.05, 3.63) is 0 Å². The second-order valence-electron chi connectivity index (χ2n) is 5.23. The molecule has 0 aromatic carbocycles. The van der Waals surface area contributed by atoms with E-state index in [4.69, 9.17) is 5.11 Å². The van der Waals surface area contributed by atoms with Gasteiger partial charge in [-0.25, -0.2) is 13.2 Å². The number of urea groups is 1. The molecule has 2 atom stereocenters. The van der Waals surface area contributed by atoms with E-state index in [1.807, 2.05) is 6.92 Å². The average Bonchev–Trinajstić information content (AvgIpc) is 2.71. The van der Waals surface area contributed by atoms with Crippen LogP contribution < -0.4 is 10.6 Å². The molecule has 0 aromatic rings. The van der Waals surface area contributed by atoms with Crippen LogP contribution in [0.2, 0.25) is 0 Å². The zero-order valence-electron chi connectivity index (χ0n) is 11.6. The van der Waals surface area contributed by atoms with Gasteiger partial charge in [-0.1, -0.05) is 13.3 Å². The minimum atomic E-state index is -2.92. The number of nitrogens with one attached hydrogen (secondary N) is 2. The average molecular weight is 306 g/mol. The predicted octanol–water partition coefficient (Wildman–Crippen LogP) is 0.221. The highest BCUT2D eigenvalue weighted by atomic mass is 32.2. The third-order valence-corrected chi connectivity index (χ3v) is 5.31. The van der Waals surface area contributed by atoms with Gasteiger partial charge in [0.1, 0.15) is 0 Å². The molecule has 2 amide bonds. The fourth-order valence-corrected chi connectivity index (χ4v) is 4.04. The molecule has 1 aliphatic heterocycles. The highest BCUT2D eigenvalue weighted by molar-refractivity contribution is 7.91. The van der Waals surface area contributed by atoms with Crippen LogP contribution in [0.5, 0.6) is 0 Å². The molecule has 1 saturated heterocycles. The molecule has 0 aliphatic carbocycles. The Bertz CT molecular complexity index is 449. The van der Waals surface area contributed by atoms with Crippen molar-refractivity contribution >= 4 is 21.8 Å². The summed E-state index contributed by atoms with van der Waals surface area (Å²) >= 11 is 0. The van der Waals surface area contributed by atoms with Gasteiger partial charge in [-0.3, -0.25) is 4.79 Å². The topological polar surface area (TPSA) is 113 Å². The summed E-state index contributed by atoms with van der Waals surface area (Å²) in [7, 11) is -2.92. The van der Waals surface area contributed by atoms with E-state index in [2.05, 4.69) is 10.6 Å². The SMILES string of the molecule is CCC(CNC(=O)NCC1CCS(=O)(=O)C1)CC(=O)O. The van der Waals surface area contributed by atoms with Crippen molar-refractivity contribution in [1.82, 2.24) is 10.6 Å². The maximum absolute atomic E-state index is 11.5. The number of aliphatic carboxylic acids is 1. The minimum Gasteiger partial charge on any atom is -0.481 e. The third-order valence-electron chi connectivity index (χ3n) is 3.47. The highest BCUT2D eigenvalue weighted by Gasteiger charge is 2.27. The normalized spacial score (nSPS) is 22.1. The van der Waals surface area contributed by atoms with Crippen molar-refractivity contribution in [3.63, 3.8) is 0 Å². The molecule has 7 nitrogen and oxygen atoms in total. The van der Waals surface area contributed by atoms with Crippen molar-refractivity contribution < 1.29 is 23.1 Å². The zero-order chi connectivity index (χ0) is 15.2. The maximum atomic E-state index is 11.5. The Hall–Kier alpha value is -1.31. The second-order valence-corrected chi connectivity index (χ2v) is 7.46. The van der Waals surface area contributed by atoms with Gasteiger partial charge in [0.25, 0.3) is 0 Å². The summed E-state index contributed by atoms with van der Waals surface area (Å²) in [6, 6.07) is -0.377. The summed E-state index contributed by atoms with van der Waals surface area (Å²) in [6.07, 6.45) is 1.28. The molecule has 0 bridgehead atoms. The summed E-state index contributed by atoms with van der Waals surface area (Å²) in [5.41, 5.74) is 0. The summed E-state index contributed by atoms with van der Waals surface area (Å²) in [4.78, 5) is 22.1. The molecular formula is C12H22N2O5S. The lowest BCUT2D eigenvalue weighted by Crippen LogP contribution is -2.40. The molecule has 20 heavy (non-hydrogen) atoms. The number of amides is 2. The van der Waals surface area contributed by atoms with Crippen LogP contribution in [0.4, 0.5) is 4.79 Å². The van der Waals surface area contributed by atoms with Gasteiger partial charge >= 0.3 is 12.0 Å². The van der Waals surface area contributed by atoms with Crippen LogP contribution in [0.1, 0.15) is 26.2 Å². The highest BCUT2D eigenvalue weighted by Crippen LogP contribution is 2.17. The molecule has 0 saturated carbocycles. The van der Waals surface area contributed by atoms with Gasteiger partial charge in [0.2, 0.25) is 0 Å². The summed E-state index contributed by atoms with van der Waals surface area (Å²) in [6.45, 7) is 2.51. The first-order valence-electron chi connectivity index (χ1n) is 6.76. The summed E-state index contributed by atoms with van der Waals surface area (Å²) < 4.78 is 22.5. The smallest absolute Gasteiger partial charge is 0.314 e. The molecule has 1 rings (SSSR count). The molecule has 2 unspecified atom stereocenters. The molecule has 3 N–H and O–H groups in total. The van der Waals surface area contributed by atoms with E-state index in [-0.39, 0.29) is 35.8 Å². The van der Waals surface area contributed by atoms with Gasteiger partial charge in [-0.05, 0) is 18.3 Å². The molecule has 0 radical (unpaired) electrons. The van der Waals surface area contributed by atoms with Crippen molar-refractivity contribution in [2.45, 2.75) is 26.2 Å². The van der Waals surface area contributed by atoms with Crippen molar-refractivity contribution in [2.24, 2.45) is 11.8 Å². The predicted molar refractivity (Wildman–Crippen MR) is 74.2 cm³/mol. The second kappa shape index (κ2) is 7.47. The van der Waals surface area contributed by atoms with Gasteiger partial charge in [-0.15, -0.1) is 0 Å². The van der Waals surface area contributed by atoms with Gasteiger partial charge in [-0.2, -0.15) is 0 Å². The largest absolute Gasteiger partial charge is 0.481 e. The number of hydrogen-bond donors (Lipinski definition) is 3. The lowest BCUT2D eigenvalue weighted by Gasteiger charge is -2.15. The number of carbonyl (C=O) groups excluding carboxylic acids is 1. The van der Waals surface area contributed by atoms with Gasteiger partial charge in [0.05, 0.1) is 11.5 Å². The fourth-order valence-electron chi connectivity index (χ4n) is 2.18. The number of rotatable bonds is 7. The third kappa shape index (κ3) is 6.23. The number of carbonyl (C=O) groups is 2. The van der Waals surface area contributed by atoms with E-state index < -0.39 is 15.8 Å². The molecule has 1 heterocycles. The Morgan fingerprint density at radius 2 is 2.05 bits per heavy atom. The van der Waals surface area contributed by atoms with Gasteiger partial charge in [0.15, 0.2) is 9.84 Å². The van der Waals surface area contributed by atoms with Crippen LogP contribution in [-0.2, 0) is 14.6 Å². The first kappa shape index (κ1) is 16.7. The molecule has 0 aromatic heterocycles. The van der Waals surface area contributed by atoms with E-state index in [1.54, 1.807) is 0 Å². The van der Waals surface area contributed by atoms with Crippen LogP contribution in [0.15, 0.2) is 0 Å². The van der Waals surface area contributed by atoms with Crippen molar-refractivity contribution in [2.75, 3.05) is 24.6 Å². The fraction of sp³-hybridized carbons (Fsp3) is 0.833. The monoisotopic (exact) mass is 306 g/mol. The Kier molecular flexibility index (Phi) is 6.25. The molecule has 116 valence electrons. The summed E-state index contributed by atoms with van der Waals surface area (Å²) in [5, 5.41) is 13.9. The van der Waals surface area contributed by atoms with Crippen molar-refractivity contribution in [3.8, 4) is 0 Å². The van der Waals surface area contributed by atoms with E-state index in [1.165, 1.54) is 0 Å². The number of hydrogen-bond acceptors (Lipinski definition) is 4. The summed E-state index contributed by atoms with van der Waals surface area (Å²) in [5.74, 6) is -0.673. The lowest BCUT2D eigenvalue weighted by atomic mass is 10.0. The quantitative estimate of drug-likeness (QED) is 0.623. The Morgan fingerprint density at radius 3 is 2.55 bits per heavy atom. The first-order valence-corrected chi connectivity index (χ1v) is 8.58. The number of carboxylic acid groups (broad SMARTS) is 1. The Labute approximate surface area is 119 Å². The van der Waals surface area contributed by atoms with Gasteiger partial charge < -0.3 is 15.7 Å². The Morgan fingerprint density at radius 1 is 1.35 bits per heavy atom. The van der Waals surface area contributed by atoms with Crippen molar-refractivity contribution in [1.29, 1.82) is 0 Å². The number of carboxylic acids is 1. The van der Waals surface area contributed by atoms with Crippen LogP contribution in [0.25, 0.3) is 0 Å². The van der Waals surface area contributed by atoms with E-state index >= 15 is 0 Å². The first-order chi connectivity index (χ1) is 9.32. The van der Waals surface area contributed by atoms with Crippen LogP contribution in [0, 0.1) is 11.8 Å². The van der Waals surface area contributed by atoms with Crippen LogP contribution >= 0.6 is 0 Å². The standard InChI is InChI=1S/C12H22N2O5S/c1-2-9(5-11(15)16)6-13-12(17)14-7-10-3-4-20(18,19)8-10/h9-10H,2-8H2,1H3,(H,15,16)(H2,13,14,17).